The van der Waals surface area contributed by atoms with Crippen LogP contribution in [-0.2, 0) is 10.0 Å². The molecule has 0 unspecified atom stereocenters. The van der Waals surface area contributed by atoms with Gasteiger partial charge < -0.3 is 4.98 Å². The molecule has 0 saturated carbocycles. The van der Waals surface area contributed by atoms with Gasteiger partial charge in [-0.25, -0.2) is 17.2 Å². The van der Waals surface area contributed by atoms with E-state index in [4.69, 9.17) is 11.6 Å². The van der Waals surface area contributed by atoms with Gasteiger partial charge in [-0.15, -0.1) is 0 Å². The lowest BCUT2D eigenvalue weighted by molar-refractivity contribution is 0.582. The van der Waals surface area contributed by atoms with E-state index in [0.29, 0.717) is 6.07 Å². The third-order valence-electron chi connectivity index (χ3n) is 2.32. The van der Waals surface area contributed by atoms with Crippen molar-refractivity contribution in [1.29, 1.82) is 0 Å². The topological polar surface area (TPSA) is 79.0 Å². The Morgan fingerprint density at radius 3 is 2.55 bits per heavy atom. The molecule has 0 aliphatic carbocycles. The molecule has 1 aromatic heterocycles. The SMILES string of the molecule is O=c1cc[nH]cc1S(=O)(=O)Nc1c(F)cc(F)cc1Cl. The number of hydrogen-bond acceptors (Lipinski definition) is 3. The van der Waals surface area contributed by atoms with Crippen molar-refractivity contribution in [2.75, 3.05) is 4.72 Å². The number of benzene rings is 1. The number of H-pyrrole nitrogens is 1. The predicted molar refractivity (Wildman–Crippen MR) is 69.2 cm³/mol. The van der Waals surface area contributed by atoms with Crippen molar-refractivity contribution < 1.29 is 17.2 Å². The zero-order chi connectivity index (χ0) is 14.9. The Hall–Kier alpha value is -1.93. The third-order valence-corrected chi connectivity index (χ3v) is 3.99. The highest BCUT2D eigenvalue weighted by atomic mass is 35.5. The van der Waals surface area contributed by atoms with Gasteiger partial charge in [-0.1, -0.05) is 11.6 Å². The Bertz CT molecular complexity index is 797. The fourth-order valence-corrected chi connectivity index (χ4v) is 2.88. The molecule has 1 aromatic carbocycles. The summed E-state index contributed by atoms with van der Waals surface area (Å²) in [5, 5.41) is -0.460. The molecule has 9 heteroatoms. The Kier molecular flexibility index (Phi) is 3.78. The molecular formula is C11H7ClF2N2O3S. The average Bonchev–Trinajstić information content (AvgIpc) is 2.34. The van der Waals surface area contributed by atoms with Gasteiger partial charge >= 0.3 is 0 Å². The van der Waals surface area contributed by atoms with Crippen molar-refractivity contribution in [2.45, 2.75) is 4.90 Å². The minimum absolute atomic E-state index is 0.460. The minimum atomic E-state index is -4.34. The van der Waals surface area contributed by atoms with Crippen molar-refractivity contribution in [3.8, 4) is 0 Å². The molecule has 0 spiro atoms. The van der Waals surface area contributed by atoms with E-state index in [1.165, 1.54) is 6.20 Å². The normalized spacial score (nSPS) is 11.3. The number of sulfonamides is 1. The van der Waals surface area contributed by atoms with Crippen LogP contribution in [0.15, 0.2) is 40.3 Å². The fourth-order valence-electron chi connectivity index (χ4n) is 1.44. The number of aromatic nitrogens is 1. The maximum atomic E-state index is 13.5. The van der Waals surface area contributed by atoms with Gasteiger partial charge in [0, 0.05) is 24.5 Å². The van der Waals surface area contributed by atoms with E-state index in [1.807, 2.05) is 4.72 Å². The maximum absolute atomic E-state index is 13.5. The van der Waals surface area contributed by atoms with Crippen molar-refractivity contribution >= 4 is 27.3 Å². The van der Waals surface area contributed by atoms with Crippen molar-refractivity contribution in [3.05, 3.63) is 57.5 Å². The van der Waals surface area contributed by atoms with E-state index in [0.717, 1.165) is 18.3 Å². The number of hydrogen-bond donors (Lipinski definition) is 2. The Balaban J connectivity index is 2.50. The quantitative estimate of drug-likeness (QED) is 0.909. The molecule has 1 heterocycles. The largest absolute Gasteiger partial charge is 0.366 e. The molecule has 0 bridgehead atoms. The highest BCUT2D eigenvalue weighted by molar-refractivity contribution is 7.92. The van der Waals surface area contributed by atoms with Gasteiger partial charge in [-0.05, 0) is 6.07 Å². The molecule has 0 aliphatic rings. The Labute approximate surface area is 117 Å². The molecule has 0 saturated heterocycles. The van der Waals surface area contributed by atoms with E-state index >= 15 is 0 Å². The number of pyridine rings is 1. The van der Waals surface area contributed by atoms with Crippen LogP contribution in [0, 0.1) is 11.6 Å². The molecule has 0 aliphatic heterocycles. The average molecular weight is 321 g/mol. The van der Waals surface area contributed by atoms with Crippen molar-refractivity contribution in [2.24, 2.45) is 0 Å². The first-order valence-electron chi connectivity index (χ1n) is 5.16. The third kappa shape index (κ3) is 2.81. The number of aromatic amines is 1. The summed E-state index contributed by atoms with van der Waals surface area (Å²) < 4.78 is 52.1. The van der Waals surface area contributed by atoms with Gasteiger partial charge in [0.25, 0.3) is 10.0 Å². The van der Waals surface area contributed by atoms with E-state index in [2.05, 4.69) is 4.98 Å². The number of halogens is 3. The van der Waals surface area contributed by atoms with Crippen LogP contribution in [0.4, 0.5) is 14.5 Å². The molecule has 2 N–H and O–H groups in total. The number of rotatable bonds is 3. The predicted octanol–water partition coefficient (Wildman–Crippen LogP) is 2.11. The van der Waals surface area contributed by atoms with Gasteiger partial charge in [-0.2, -0.15) is 0 Å². The van der Waals surface area contributed by atoms with Crippen LogP contribution >= 0.6 is 11.6 Å². The summed E-state index contributed by atoms with van der Waals surface area (Å²) in [4.78, 5) is 13.3. The molecule has 0 amide bonds. The maximum Gasteiger partial charge on any atom is 0.267 e. The standard InChI is InChI=1S/C11H7ClF2N2O3S/c12-7-3-6(13)4-8(14)11(7)16-20(18,19)10-5-15-2-1-9(10)17/h1-5,16H,(H,15,17). The molecular weight excluding hydrogens is 314 g/mol. The highest BCUT2D eigenvalue weighted by Crippen LogP contribution is 2.28. The van der Waals surface area contributed by atoms with Gasteiger partial charge in [0.15, 0.2) is 10.7 Å². The van der Waals surface area contributed by atoms with Crippen LogP contribution < -0.4 is 10.2 Å². The van der Waals surface area contributed by atoms with Crippen LogP contribution in [0.1, 0.15) is 0 Å². The Morgan fingerprint density at radius 2 is 1.95 bits per heavy atom. The molecule has 5 nitrogen and oxygen atoms in total. The second-order valence-corrected chi connectivity index (χ2v) is 5.78. The van der Waals surface area contributed by atoms with E-state index < -0.39 is 42.7 Å². The summed E-state index contributed by atoms with van der Waals surface area (Å²) in [5.41, 5.74) is -1.41. The van der Waals surface area contributed by atoms with Crippen LogP contribution in [0.3, 0.4) is 0 Å². The van der Waals surface area contributed by atoms with Crippen molar-refractivity contribution in [1.82, 2.24) is 4.98 Å². The molecule has 106 valence electrons. The summed E-state index contributed by atoms with van der Waals surface area (Å²) in [6.45, 7) is 0. The Morgan fingerprint density at radius 1 is 1.25 bits per heavy atom. The molecule has 20 heavy (non-hydrogen) atoms. The lowest BCUT2D eigenvalue weighted by Crippen LogP contribution is -2.21. The minimum Gasteiger partial charge on any atom is -0.366 e. The first-order valence-corrected chi connectivity index (χ1v) is 7.02. The molecule has 0 atom stereocenters. The monoisotopic (exact) mass is 320 g/mol. The van der Waals surface area contributed by atoms with Gasteiger partial charge in [0.2, 0.25) is 5.43 Å². The van der Waals surface area contributed by atoms with Gasteiger partial charge in [0.1, 0.15) is 11.5 Å². The molecule has 2 aromatic rings. The van der Waals surface area contributed by atoms with E-state index in [9.17, 15) is 22.0 Å². The lowest BCUT2D eigenvalue weighted by Gasteiger charge is -2.10. The van der Waals surface area contributed by atoms with E-state index in [1.54, 1.807) is 0 Å². The summed E-state index contributed by atoms with van der Waals surface area (Å²) in [7, 11) is -4.34. The highest BCUT2D eigenvalue weighted by Gasteiger charge is 2.21. The fraction of sp³-hybridized carbons (Fsp3) is 0. The van der Waals surface area contributed by atoms with E-state index in [-0.39, 0.29) is 0 Å². The zero-order valence-electron chi connectivity index (χ0n) is 9.65. The second kappa shape index (κ2) is 5.22. The lowest BCUT2D eigenvalue weighted by atomic mass is 10.3. The number of nitrogens with one attached hydrogen (secondary N) is 2. The van der Waals surface area contributed by atoms with Crippen LogP contribution in [0.5, 0.6) is 0 Å². The molecule has 0 fully saturated rings. The smallest absolute Gasteiger partial charge is 0.267 e. The van der Waals surface area contributed by atoms with Gasteiger partial charge in [-0.3, -0.25) is 9.52 Å². The van der Waals surface area contributed by atoms with Crippen LogP contribution in [-0.4, -0.2) is 13.4 Å². The first-order chi connectivity index (χ1) is 9.31. The van der Waals surface area contributed by atoms with Gasteiger partial charge in [0.05, 0.1) is 5.02 Å². The summed E-state index contributed by atoms with van der Waals surface area (Å²) in [6, 6.07) is 2.22. The number of anilines is 1. The molecule has 2 rings (SSSR count). The second-order valence-electron chi connectivity index (χ2n) is 3.72. The zero-order valence-corrected chi connectivity index (χ0v) is 11.2. The first kappa shape index (κ1) is 14.5. The summed E-state index contributed by atoms with van der Waals surface area (Å²) >= 11 is 5.58. The van der Waals surface area contributed by atoms with Crippen LogP contribution in [0.2, 0.25) is 5.02 Å². The molecule has 0 radical (unpaired) electrons. The summed E-state index contributed by atoms with van der Waals surface area (Å²) in [5.74, 6) is -2.14. The van der Waals surface area contributed by atoms with Crippen molar-refractivity contribution in [3.63, 3.8) is 0 Å². The van der Waals surface area contributed by atoms with Crippen LogP contribution in [0.25, 0.3) is 0 Å². The summed E-state index contributed by atoms with van der Waals surface area (Å²) in [6.07, 6.45) is 2.19.